The van der Waals surface area contributed by atoms with Gasteiger partial charge in [-0.2, -0.15) is 0 Å². The fourth-order valence-corrected chi connectivity index (χ4v) is 3.43. The number of aromatic nitrogens is 3. The van der Waals surface area contributed by atoms with Gasteiger partial charge in [-0.25, -0.2) is 0 Å². The highest BCUT2D eigenvalue weighted by molar-refractivity contribution is 5.36. The van der Waals surface area contributed by atoms with Crippen LogP contribution in [0.15, 0.2) is 24.4 Å². The first kappa shape index (κ1) is 11.4. The maximum atomic E-state index is 4.28. The van der Waals surface area contributed by atoms with Gasteiger partial charge in [-0.15, -0.1) is 10.2 Å². The Bertz CT molecular complexity index is 570. The van der Waals surface area contributed by atoms with Crippen LogP contribution in [0.25, 0.3) is 5.65 Å². The van der Waals surface area contributed by atoms with Gasteiger partial charge in [0, 0.05) is 18.8 Å². The molecule has 0 aliphatic carbocycles. The van der Waals surface area contributed by atoms with Crippen LogP contribution in [0, 0.1) is 5.92 Å². The molecule has 1 N–H and O–H groups in total. The van der Waals surface area contributed by atoms with Crippen LogP contribution in [0.3, 0.4) is 0 Å². The SMILES string of the molecule is c1ccn2c(CNC3CN4CCC3CC4)nnc2c1. The maximum absolute atomic E-state index is 4.28. The minimum absolute atomic E-state index is 0.624. The molecule has 2 bridgehead atoms. The Kier molecular flexibility index (Phi) is 2.74. The van der Waals surface area contributed by atoms with E-state index >= 15 is 0 Å². The van der Waals surface area contributed by atoms with Gasteiger partial charge in [-0.1, -0.05) is 6.07 Å². The van der Waals surface area contributed by atoms with Crippen molar-refractivity contribution in [1.82, 2.24) is 24.8 Å². The van der Waals surface area contributed by atoms with E-state index in [0.717, 1.165) is 23.9 Å². The Morgan fingerprint density at radius 3 is 2.89 bits per heavy atom. The first-order valence-corrected chi connectivity index (χ1v) is 7.14. The molecule has 0 amide bonds. The molecule has 5 heterocycles. The average molecular weight is 257 g/mol. The lowest BCUT2D eigenvalue weighted by molar-refractivity contribution is 0.0716. The zero-order chi connectivity index (χ0) is 12.7. The number of pyridine rings is 1. The predicted molar refractivity (Wildman–Crippen MR) is 72.8 cm³/mol. The van der Waals surface area contributed by atoms with Crippen LogP contribution in [0.1, 0.15) is 18.7 Å². The van der Waals surface area contributed by atoms with Gasteiger partial charge in [0.15, 0.2) is 11.5 Å². The van der Waals surface area contributed by atoms with E-state index in [0.29, 0.717) is 6.04 Å². The number of hydrogen-bond donors (Lipinski definition) is 1. The lowest BCUT2D eigenvalue weighted by Crippen LogP contribution is -2.55. The van der Waals surface area contributed by atoms with Gasteiger partial charge in [-0.3, -0.25) is 4.40 Å². The normalized spacial score (nSPS) is 30.0. The largest absolute Gasteiger partial charge is 0.305 e. The molecule has 5 heteroatoms. The molecule has 5 rings (SSSR count). The highest BCUT2D eigenvalue weighted by Crippen LogP contribution is 2.27. The summed E-state index contributed by atoms with van der Waals surface area (Å²) in [5.74, 6) is 1.86. The van der Waals surface area contributed by atoms with Crippen LogP contribution in [-0.4, -0.2) is 45.2 Å². The summed E-state index contributed by atoms with van der Waals surface area (Å²) in [6, 6.07) is 6.63. The summed E-state index contributed by atoms with van der Waals surface area (Å²) in [5, 5.41) is 12.2. The molecule has 100 valence electrons. The second kappa shape index (κ2) is 4.58. The van der Waals surface area contributed by atoms with Crippen molar-refractivity contribution in [2.45, 2.75) is 25.4 Å². The van der Waals surface area contributed by atoms with Crippen molar-refractivity contribution >= 4 is 5.65 Å². The molecule has 0 aromatic carbocycles. The summed E-state index contributed by atoms with van der Waals surface area (Å²) in [4.78, 5) is 2.57. The number of piperidine rings is 3. The van der Waals surface area contributed by atoms with Gasteiger partial charge in [0.05, 0.1) is 6.54 Å². The molecule has 0 saturated carbocycles. The van der Waals surface area contributed by atoms with Crippen LogP contribution in [0.5, 0.6) is 0 Å². The van der Waals surface area contributed by atoms with Gasteiger partial charge >= 0.3 is 0 Å². The Labute approximate surface area is 112 Å². The van der Waals surface area contributed by atoms with Gasteiger partial charge in [0.2, 0.25) is 0 Å². The maximum Gasteiger partial charge on any atom is 0.160 e. The topological polar surface area (TPSA) is 45.5 Å². The molecule has 5 nitrogen and oxygen atoms in total. The third kappa shape index (κ3) is 2.03. The molecule has 0 radical (unpaired) electrons. The number of fused-ring (bicyclic) bond motifs is 4. The van der Waals surface area contributed by atoms with Crippen molar-refractivity contribution in [3.63, 3.8) is 0 Å². The third-order valence-electron chi connectivity index (χ3n) is 4.56. The fourth-order valence-electron chi connectivity index (χ4n) is 3.43. The van der Waals surface area contributed by atoms with E-state index in [2.05, 4.69) is 24.8 Å². The van der Waals surface area contributed by atoms with Crippen molar-refractivity contribution in [1.29, 1.82) is 0 Å². The monoisotopic (exact) mass is 257 g/mol. The van der Waals surface area contributed by atoms with Gasteiger partial charge in [-0.05, 0) is 44.0 Å². The van der Waals surface area contributed by atoms with Crippen molar-refractivity contribution < 1.29 is 0 Å². The molecular weight excluding hydrogens is 238 g/mol. The van der Waals surface area contributed by atoms with Gasteiger partial charge < -0.3 is 10.2 Å². The van der Waals surface area contributed by atoms with Crippen LogP contribution >= 0.6 is 0 Å². The third-order valence-corrected chi connectivity index (χ3v) is 4.56. The van der Waals surface area contributed by atoms with E-state index in [1.807, 2.05) is 24.4 Å². The van der Waals surface area contributed by atoms with Crippen LogP contribution in [0.2, 0.25) is 0 Å². The van der Waals surface area contributed by atoms with Crippen molar-refractivity contribution in [2.75, 3.05) is 19.6 Å². The second-order valence-corrected chi connectivity index (χ2v) is 5.67. The Hall–Kier alpha value is -1.46. The zero-order valence-corrected chi connectivity index (χ0v) is 11.0. The molecule has 3 aliphatic rings. The number of hydrogen-bond acceptors (Lipinski definition) is 4. The molecule has 3 aliphatic heterocycles. The number of nitrogens with zero attached hydrogens (tertiary/aromatic N) is 4. The minimum Gasteiger partial charge on any atom is -0.305 e. The first-order chi connectivity index (χ1) is 9.40. The lowest BCUT2D eigenvalue weighted by Gasteiger charge is -2.45. The first-order valence-electron chi connectivity index (χ1n) is 7.14. The van der Waals surface area contributed by atoms with E-state index in [-0.39, 0.29) is 0 Å². The molecule has 19 heavy (non-hydrogen) atoms. The van der Waals surface area contributed by atoms with Crippen molar-refractivity contribution in [3.8, 4) is 0 Å². The molecule has 0 spiro atoms. The molecule has 1 unspecified atom stereocenters. The summed E-state index contributed by atoms with van der Waals surface area (Å²) < 4.78 is 2.06. The van der Waals surface area contributed by atoms with E-state index in [9.17, 15) is 0 Å². The van der Waals surface area contributed by atoms with E-state index in [4.69, 9.17) is 0 Å². The Morgan fingerprint density at radius 1 is 1.21 bits per heavy atom. The molecule has 3 fully saturated rings. The molecule has 1 atom stereocenters. The van der Waals surface area contributed by atoms with Crippen molar-refractivity contribution in [2.24, 2.45) is 5.92 Å². The lowest BCUT2D eigenvalue weighted by atomic mass is 9.84. The summed E-state index contributed by atoms with van der Waals surface area (Å²) in [6.45, 7) is 4.58. The van der Waals surface area contributed by atoms with Crippen LogP contribution < -0.4 is 5.32 Å². The minimum atomic E-state index is 0.624. The fraction of sp³-hybridized carbons (Fsp3) is 0.571. The van der Waals surface area contributed by atoms with E-state index in [1.165, 1.54) is 32.5 Å². The second-order valence-electron chi connectivity index (χ2n) is 5.67. The molecule has 3 saturated heterocycles. The predicted octanol–water partition coefficient (Wildman–Crippen LogP) is 0.913. The van der Waals surface area contributed by atoms with Crippen LogP contribution in [0.4, 0.5) is 0 Å². The summed E-state index contributed by atoms with van der Waals surface area (Å²) >= 11 is 0. The quantitative estimate of drug-likeness (QED) is 0.888. The summed E-state index contributed by atoms with van der Waals surface area (Å²) in [5.41, 5.74) is 0.924. The van der Waals surface area contributed by atoms with E-state index in [1.54, 1.807) is 0 Å². The molecule has 2 aromatic rings. The average Bonchev–Trinajstić information content (AvgIpc) is 2.90. The molecule has 2 aromatic heterocycles. The van der Waals surface area contributed by atoms with Crippen LogP contribution in [-0.2, 0) is 6.54 Å². The summed E-state index contributed by atoms with van der Waals surface area (Å²) in [7, 11) is 0. The van der Waals surface area contributed by atoms with Crippen molar-refractivity contribution in [3.05, 3.63) is 30.2 Å². The number of rotatable bonds is 3. The van der Waals surface area contributed by atoms with Gasteiger partial charge in [0.25, 0.3) is 0 Å². The Balaban J connectivity index is 1.47. The van der Waals surface area contributed by atoms with E-state index < -0.39 is 0 Å². The standard InChI is InChI=1S/C14H19N5/c1-2-6-19-13(3-1)16-17-14(19)9-15-12-10-18-7-4-11(12)5-8-18/h1-3,6,11-12,15H,4-5,7-10H2. The Morgan fingerprint density at radius 2 is 2.11 bits per heavy atom. The highest BCUT2D eigenvalue weighted by Gasteiger charge is 2.33. The molecular formula is C14H19N5. The summed E-state index contributed by atoms with van der Waals surface area (Å²) in [6.07, 6.45) is 4.72. The smallest absolute Gasteiger partial charge is 0.160 e. The highest BCUT2D eigenvalue weighted by atomic mass is 15.3. The zero-order valence-electron chi connectivity index (χ0n) is 11.0. The van der Waals surface area contributed by atoms with Gasteiger partial charge in [0.1, 0.15) is 0 Å². The number of nitrogens with one attached hydrogen (secondary N) is 1.